The SMILES string of the molecule is CC(=O)Nc1cccc(NC(=O)Cn2nnc(-c3ccccc3C)n2)c1. The van der Waals surface area contributed by atoms with Gasteiger partial charge in [-0.2, -0.15) is 4.80 Å². The summed E-state index contributed by atoms with van der Waals surface area (Å²) in [5.74, 6) is 0.00583. The van der Waals surface area contributed by atoms with Crippen LogP contribution >= 0.6 is 0 Å². The number of carbonyl (C=O) groups excluding carboxylic acids is 2. The summed E-state index contributed by atoms with van der Waals surface area (Å²) in [6.45, 7) is 3.32. The highest BCUT2D eigenvalue weighted by atomic mass is 16.2. The molecule has 3 aromatic rings. The van der Waals surface area contributed by atoms with Crippen LogP contribution in [0.3, 0.4) is 0 Å². The third-order valence-electron chi connectivity index (χ3n) is 3.59. The summed E-state index contributed by atoms with van der Waals surface area (Å²) in [4.78, 5) is 24.6. The average molecular weight is 350 g/mol. The molecule has 2 N–H and O–H groups in total. The first-order valence-corrected chi connectivity index (χ1v) is 8.02. The van der Waals surface area contributed by atoms with Crippen molar-refractivity contribution in [2.24, 2.45) is 0 Å². The van der Waals surface area contributed by atoms with Crippen molar-refractivity contribution in [3.63, 3.8) is 0 Å². The summed E-state index contributed by atoms with van der Waals surface area (Å²) in [5.41, 5.74) is 3.09. The first kappa shape index (κ1) is 17.3. The maximum atomic E-state index is 12.2. The van der Waals surface area contributed by atoms with Crippen molar-refractivity contribution < 1.29 is 9.59 Å². The number of aryl methyl sites for hydroxylation is 1. The number of benzene rings is 2. The van der Waals surface area contributed by atoms with Crippen LogP contribution in [-0.4, -0.2) is 32.0 Å². The van der Waals surface area contributed by atoms with E-state index in [1.54, 1.807) is 24.3 Å². The Morgan fingerprint density at radius 3 is 2.50 bits per heavy atom. The summed E-state index contributed by atoms with van der Waals surface area (Å²) in [7, 11) is 0. The molecule has 0 fully saturated rings. The molecule has 0 aliphatic heterocycles. The molecule has 2 amide bonds. The van der Waals surface area contributed by atoms with Crippen molar-refractivity contribution in [1.82, 2.24) is 20.2 Å². The Labute approximate surface area is 150 Å². The van der Waals surface area contributed by atoms with Crippen LogP contribution < -0.4 is 10.6 Å². The van der Waals surface area contributed by atoms with Crippen molar-refractivity contribution in [3.8, 4) is 11.4 Å². The van der Waals surface area contributed by atoms with Crippen molar-refractivity contribution in [3.05, 3.63) is 54.1 Å². The Bertz CT molecular complexity index is 950. The lowest BCUT2D eigenvalue weighted by Crippen LogP contribution is -2.20. The molecule has 0 unspecified atom stereocenters. The molecule has 0 bridgehead atoms. The molecule has 0 saturated heterocycles. The van der Waals surface area contributed by atoms with Crippen LogP contribution in [0.15, 0.2) is 48.5 Å². The lowest BCUT2D eigenvalue weighted by atomic mass is 10.1. The molecule has 0 spiro atoms. The number of rotatable bonds is 5. The summed E-state index contributed by atoms with van der Waals surface area (Å²) in [6, 6.07) is 14.6. The van der Waals surface area contributed by atoms with Crippen molar-refractivity contribution >= 4 is 23.2 Å². The molecule has 2 aromatic carbocycles. The second-order valence-corrected chi connectivity index (χ2v) is 5.77. The second-order valence-electron chi connectivity index (χ2n) is 5.77. The van der Waals surface area contributed by atoms with Crippen LogP contribution in [0.5, 0.6) is 0 Å². The standard InChI is InChI=1S/C18H18N6O2/c1-12-6-3-4-9-16(12)18-21-23-24(22-18)11-17(26)20-15-8-5-7-14(10-15)19-13(2)25/h3-10H,11H2,1-2H3,(H,19,25)(H,20,26). The Hall–Kier alpha value is -3.55. The van der Waals surface area contributed by atoms with Crippen molar-refractivity contribution in [1.29, 1.82) is 0 Å². The monoisotopic (exact) mass is 350 g/mol. The summed E-state index contributed by atoms with van der Waals surface area (Å²) >= 11 is 0. The predicted molar refractivity (Wildman–Crippen MR) is 97.4 cm³/mol. The number of hydrogen-bond donors (Lipinski definition) is 2. The Morgan fingerprint density at radius 2 is 1.77 bits per heavy atom. The minimum atomic E-state index is -0.293. The molecule has 132 valence electrons. The quantitative estimate of drug-likeness (QED) is 0.735. The number of carbonyl (C=O) groups is 2. The molecule has 1 aromatic heterocycles. The van der Waals surface area contributed by atoms with Crippen molar-refractivity contribution in [2.75, 3.05) is 10.6 Å². The molecule has 1 heterocycles. The molecule has 0 saturated carbocycles. The van der Waals surface area contributed by atoms with Crippen molar-refractivity contribution in [2.45, 2.75) is 20.4 Å². The van der Waals surface area contributed by atoms with Gasteiger partial charge in [0.1, 0.15) is 6.54 Å². The Kier molecular flexibility index (Phi) is 5.02. The number of hydrogen-bond acceptors (Lipinski definition) is 5. The summed E-state index contributed by atoms with van der Waals surface area (Å²) in [6.07, 6.45) is 0. The minimum Gasteiger partial charge on any atom is -0.326 e. The molecule has 3 rings (SSSR count). The Morgan fingerprint density at radius 1 is 1.04 bits per heavy atom. The zero-order valence-electron chi connectivity index (χ0n) is 14.4. The molecule has 0 radical (unpaired) electrons. The fourth-order valence-electron chi connectivity index (χ4n) is 2.45. The minimum absolute atomic E-state index is 0.0662. The van der Waals surface area contributed by atoms with Gasteiger partial charge in [-0.05, 0) is 35.9 Å². The van der Waals surface area contributed by atoms with E-state index in [-0.39, 0.29) is 18.4 Å². The number of tetrazole rings is 1. The van der Waals surface area contributed by atoms with Gasteiger partial charge in [-0.15, -0.1) is 10.2 Å². The molecule has 0 atom stereocenters. The van der Waals surface area contributed by atoms with Gasteiger partial charge in [0.2, 0.25) is 17.6 Å². The lowest BCUT2D eigenvalue weighted by Gasteiger charge is -2.07. The number of anilines is 2. The number of aromatic nitrogens is 4. The fraction of sp³-hybridized carbons (Fsp3) is 0.167. The number of nitrogens with zero attached hydrogens (tertiary/aromatic N) is 4. The topological polar surface area (TPSA) is 102 Å². The maximum absolute atomic E-state index is 12.2. The molecule has 8 heteroatoms. The zero-order valence-corrected chi connectivity index (χ0v) is 14.4. The van der Waals surface area contributed by atoms with Gasteiger partial charge in [-0.3, -0.25) is 9.59 Å². The van der Waals surface area contributed by atoms with Gasteiger partial charge < -0.3 is 10.6 Å². The fourth-order valence-corrected chi connectivity index (χ4v) is 2.45. The van der Waals surface area contributed by atoms with Crippen LogP contribution in [0.4, 0.5) is 11.4 Å². The average Bonchev–Trinajstić information content (AvgIpc) is 3.03. The van der Waals surface area contributed by atoms with E-state index in [9.17, 15) is 9.59 Å². The molecular weight excluding hydrogens is 332 g/mol. The first-order chi connectivity index (χ1) is 12.5. The van der Waals surface area contributed by atoms with E-state index in [0.29, 0.717) is 17.2 Å². The highest BCUT2D eigenvalue weighted by molar-refractivity contribution is 5.93. The van der Waals surface area contributed by atoms with E-state index in [0.717, 1.165) is 11.1 Å². The third kappa shape index (κ3) is 4.29. The van der Waals surface area contributed by atoms with Gasteiger partial charge in [0, 0.05) is 23.9 Å². The predicted octanol–water partition coefficient (Wildman–Crippen LogP) is 2.25. The number of amides is 2. The Balaban J connectivity index is 1.66. The second kappa shape index (κ2) is 7.56. The van der Waals surface area contributed by atoms with Gasteiger partial charge in [0.05, 0.1) is 0 Å². The van der Waals surface area contributed by atoms with E-state index in [1.165, 1.54) is 11.7 Å². The first-order valence-electron chi connectivity index (χ1n) is 8.02. The summed E-state index contributed by atoms with van der Waals surface area (Å²) in [5, 5.41) is 17.6. The zero-order chi connectivity index (χ0) is 18.5. The maximum Gasteiger partial charge on any atom is 0.248 e. The van der Waals surface area contributed by atoms with Crippen LogP contribution in [0, 0.1) is 6.92 Å². The van der Waals surface area contributed by atoms with Crippen LogP contribution in [-0.2, 0) is 16.1 Å². The van der Waals surface area contributed by atoms with Crippen LogP contribution in [0.25, 0.3) is 11.4 Å². The summed E-state index contributed by atoms with van der Waals surface area (Å²) < 4.78 is 0. The molecule has 26 heavy (non-hydrogen) atoms. The van der Waals surface area contributed by atoms with E-state index >= 15 is 0 Å². The van der Waals surface area contributed by atoms with Gasteiger partial charge in [0.25, 0.3) is 0 Å². The van der Waals surface area contributed by atoms with E-state index in [1.807, 2.05) is 31.2 Å². The van der Waals surface area contributed by atoms with E-state index < -0.39 is 0 Å². The molecule has 8 nitrogen and oxygen atoms in total. The highest BCUT2D eigenvalue weighted by Gasteiger charge is 2.11. The van der Waals surface area contributed by atoms with E-state index in [4.69, 9.17) is 0 Å². The smallest absolute Gasteiger partial charge is 0.248 e. The van der Waals surface area contributed by atoms with Gasteiger partial charge >= 0.3 is 0 Å². The van der Waals surface area contributed by atoms with Gasteiger partial charge in [0.15, 0.2) is 0 Å². The third-order valence-corrected chi connectivity index (χ3v) is 3.59. The van der Waals surface area contributed by atoms with Crippen LogP contribution in [0.1, 0.15) is 12.5 Å². The molecule has 0 aliphatic carbocycles. The van der Waals surface area contributed by atoms with E-state index in [2.05, 4.69) is 26.0 Å². The van der Waals surface area contributed by atoms with Gasteiger partial charge in [-0.1, -0.05) is 30.3 Å². The molecular formula is C18H18N6O2. The van der Waals surface area contributed by atoms with Crippen LogP contribution in [0.2, 0.25) is 0 Å². The highest BCUT2D eigenvalue weighted by Crippen LogP contribution is 2.18. The molecule has 0 aliphatic rings. The normalized spacial score (nSPS) is 10.4. The largest absolute Gasteiger partial charge is 0.326 e. The lowest BCUT2D eigenvalue weighted by molar-refractivity contribution is -0.117. The number of nitrogens with one attached hydrogen (secondary N) is 2. The van der Waals surface area contributed by atoms with Gasteiger partial charge in [-0.25, -0.2) is 0 Å².